The number of benzene rings is 2. The maximum absolute atomic E-state index is 12.0. The third-order valence-electron chi connectivity index (χ3n) is 3.02. The van der Waals surface area contributed by atoms with E-state index in [0.717, 1.165) is 6.07 Å². The maximum Gasteiger partial charge on any atom is 0.338 e. The molecule has 0 saturated carbocycles. The van der Waals surface area contributed by atoms with Crippen LogP contribution in [-0.4, -0.2) is 30.7 Å². The molecule has 0 radical (unpaired) electrons. The molecular weight excluding hydrogens is 314 g/mol. The molecule has 0 N–H and O–H groups in total. The van der Waals surface area contributed by atoms with Gasteiger partial charge in [-0.05, 0) is 31.2 Å². The van der Waals surface area contributed by atoms with E-state index in [1.54, 1.807) is 19.1 Å². The molecule has 0 aromatic heterocycles. The molecule has 0 bridgehead atoms. The van der Waals surface area contributed by atoms with Crippen molar-refractivity contribution >= 4 is 11.7 Å². The highest BCUT2D eigenvalue weighted by atomic mass is 16.6. The summed E-state index contributed by atoms with van der Waals surface area (Å²) in [6, 6.07) is 13.1. The summed E-state index contributed by atoms with van der Waals surface area (Å²) in [5.74, 6) is 0.134. The van der Waals surface area contributed by atoms with Gasteiger partial charge < -0.3 is 14.2 Å². The highest BCUT2D eigenvalue weighted by molar-refractivity contribution is 5.90. The van der Waals surface area contributed by atoms with Gasteiger partial charge in [0.1, 0.15) is 19.0 Å². The second-order valence-electron chi connectivity index (χ2n) is 4.67. The molecule has 7 heteroatoms. The van der Waals surface area contributed by atoms with Crippen LogP contribution >= 0.6 is 0 Å². The van der Waals surface area contributed by atoms with Gasteiger partial charge in [0.25, 0.3) is 0 Å². The third kappa shape index (κ3) is 4.70. The highest BCUT2D eigenvalue weighted by Gasteiger charge is 2.19. The van der Waals surface area contributed by atoms with Crippen molar-refractivity contribution in [2.24, 2.45) is 0 Å². The highest BCUT2D eigenvalue weighted by Crippen LogP contribution is 2.28. The monoisotopic (exact) mass is 331 g/mol. The van der Waals surface area contributed by atoms with Gasteiger partial charge >= 0.3 is 11.7 Å². The number of rotatable bonds is 8. The molecule has 0 atom stereocenters. The minimum absolute atomic E-state index is 0.0364. The van der Waals surface area contributed by atoms with Crippen LogP contribution in [0.5, 0.6) is 11.5 Å². The van der Waals surface area contributed by atoms with E-state index in [9.17, 15) is 14.9 Å². The van der Waals surface area contributed by atoms with E-state index in [-0.39, 0.29) is 30.2 Å². The van der Waals surface area contributed by atoms with Crippen LogP contribution in [0.2, 0.25) is 0 Å². The number of hydrogen-bond donors (Lipinski definition) is 0. The van der Waals surface area contributed by atoms with Crippen LogP contribution in [0.3, 0.4) is 0 Å². The van der Waals surface area contributed by atoms with Gasteiger partial charge in [0.15, 0.2) is 5.75 Å². The SMILES string of the molecule is CCOc1ccc(C(=O)OCCOc2ccccc2)cc1[N+](=O)[O-]. The number of esters is 1. The Morgan fingerprint density at radius 1 is 1.08 bits per heavy atom. The van der Waals surface area contributed by atoms with Crippen LogP contribution in [0.25, 0.3) is 0 Å². The van der Waals surface area contributed by atoms with Crippen molar-refractivity contribution in [3.63, 3.8) is 0 Å². The number of carbonyl (C=O) groups is 1. The summed E-state index contributed by atoms with van der Waals surface area (Å²) < 4.78 is 15.6. The second kappa shape index (κ2) is 8.52. The van der Waals surface area contributed by atoms with E-state index in [1.807, 2.05) is 18.2 Å². The van der Waals surface area contributed by atoms with Crippen LogP contribution in [0, 0.1) is 10.1 Å². The standard InChI is InChI=1S/C17H17NO6/c1-2-22-16-9-8-13(12-15(16)18(20)21)17(19)24-11-10-23-14-6-4-3-5-7-14/h3-9,12H,2,10-11H2,1H3. The number of ether oxygens (including phenoxy) is 3. The number of nitro benzene ring substituents is 1. The molecule has 24 heavy (non-hydrogen) atoms. The molecule has 0 fully saturated rings. The lowest BCUT2D eigenvalue weighted by molar-refractivity contribution is -0.385. The van der Waals surface area contributed by atoms with Crippen molar-refractivity contribution in [2.45, 2.75) is 6.92 Å². The first-order valence-corrected chi connectivity index (χ1v) is 7.38. The van der Waals surface area contributed by atoms with Crippen LogP contribution < -0.4 is 9.47 Å². The van der Waals surface area contributed by atoms with Gasteiger partial charge in [-0.2, -0.15) is 0 Å². The third-order valence-corrected chi connectivity index (χ3v) is 3.02. The van der Waals surface area contributed by atoms with Gasteiger partial charge in [-0.25, -0.2) is 4.79 Å². The summed E-state index contributed by atoms with van der Waals surface area (Å²) in [5.41, 5.74) is -0.184. The van der Waals surface area contributed by atoms with Gasteiger partial charge in [-0.1, -0.05) is 18.2 Å². The Labute approximate surface area is 138 Å². The Hall–Kier alpha value is -3.09. The van der Waals surface area contributed by atoms with E-state index in [4.69, 9.17) is 14.2 Å². The quantitative estimate of drug-likeness (QED) is 0.319. The Morgan fingerprint density at radius 3 is 2.50 bits per heavy atom. The molecule has 0 unspecified atom stereocenters. The Morgan fingerprint density at radius 2 is 1.83 bits per heavy atom. The van der Waals surface area contributed by atoms with Crippen LogP contribution in [0.4, 0.5) is 5.69 Å². The predicted octanol–water partition coefficient (Wildman–Crippen LogP) is 3.23. The molecule has 2 rings (SSSR count). The van der Waals surface area contributed by atoms with E-state index < -0.39 is 10.9 Å². The molecule has 0 spiro atoms. The summed E-state index contributed by atoms with van der Waals surface area (Å²) in [7, 11) is 0. The largest absolute Gasteiger partial charge is 0.490 e. The zero-order valence-electron chi connectivity index (χ0n) is 13.1. The number of hydrogen-bond acceptors (Lipinski definition) is 6. The van der Waals surface area contributed by atoms with Crippen molar-refractivity contribution in [3.8, 4) is 11.5 Å². The van der Waals surface area contributed by atoms with E-state index in [2.05, 4.69) is 0 Å². The predicted molar refractivity (Wildman–Crippen MR) is 86.5 cm³/mol. The number of carbonyl (C=O) groups excluding carboxylic acids is 1. The summed E-state index contributed by atoms with van der Waals surface area (Å²) in [4.78, 5) is 22.4. The average molecular weight is 331 g/mol. The van der Waals surface area contributed by atoms with Crippen LogP contribution in [-0.2, 0) is 4.74 Å². The van der Waals surface area contributed by atoms with E-state index in [1.165, 1.54) is 12.1 Å². The Bertz CT molecular complexity index is 701. The first kappa shape index (κ1) is 17.3. The summed E-state index contributed by atoms with van der Waals surface area (Å²) >= 11 is 0. The molecule has 0 heterocycles. The summed E-state index contributed by atoms with van der Waals surface area (Å²) in [6.45, 7) is 2.24. The molecule has 2 aromatic rings. The average Bonchev–Trinajstić information content (AvgIpc) is 2.60. The van der Waals surface area contributed by atoms with Gasteiger partial charge in [-0.15, -0.1) is 0 Å². The Balaban J connectivity index is 1.92. The fourth-order valence-corrected chi connectivity index (χ4v) is 1.96. The fourth-order valence-electron chi connectivity index (χ4n) is 1.96. The lowest BCUT2D eigenvalue weighted by atomic mass is 10.2. The lowest BCUT2D eigenvalue weighted by Crippen LogP contribution is -2.12. The van der Waals surface area contributed by atoms with Crippen LogP contribution in [0.15, 0.2) is 48.5 Å². The minimum atomic E-state index is -0.655. The van der Waals surface area contributed by atoms with E-state index >= 15 is 0 Å². The smallest absolute Gasteiger partial charge is 0.338 e. The van der Waals surface area contributed by atoms with Crippen molar-refractivity contribution in [2.75, 3.05) is 19.8 Å². The van der Waals surface area contributed by atoms with Gasteiger partial charge in [0.2, 0.25) is 0 Å². The minimum Gasteiger partial charge on any atom is -0.490 e. The molecule has 0 aliphatic heterocycles. The Kier molecular flexibility index (Phi) is 6.13. The second-order valence-corrected chi connectivity index (χ2v) is 4.67. The fraction of sp³-hybridized carbons (Fsp3) is 0.235. The first-order chi connectivity index (χ1) is 11.6. The molecule has 2 aromatic carbocycles. The molecule has 0 aliphatic carbocycles. The van der Waals surface area contributed by atoms with Crippen molar-refractivity contribution in [1.29, 1.82) is 0 Å². The molecule has 0 amide bonds. The molecule has 126 valence electrons. The van der Waals surface area contributed by atoms with Gasteiger partial charge in [0, 0.05) is 6.07 Å². The maximum atomic E-state index is 12.0. The van der Waals surface area contributed by atoms with Crippen molar-refractivity contribution in [3.05, 3.63) is 64.2 Å². The van der Waals surface area contributed by atoms with Crippen molar-refractivity contribution < 1.29 is 23.9 Å². The van der Waals surface area contributed by atoms with Gasteiger partial charge in [-0.3, -0.25) is 10.1 Å². The lowest BCUT2D eigenvalue weighted by Gasteiger charge is -2.08. The normalized spacial score (nSPS) is 10.0. The van der Waals surface area contributed by atoms with Crippen LogP contribution in [0.1, 0.15) is 17.3 Å². The number of nitro groups is 1. The molecule has 0 saturated heterocycles. The topological polar surface area (TPSA) is 87.9 Å². The van der Waals surface area contributed by atoms with Gasteiger partial charge in [0.05, 0.1) is 17.1 Å². The zero-order chi connectivity index (χ0) is 17.4. The van der Waals surface area contributed by atoms with E-state index in [0.29, 0.717) is 12.4 Å². The number of nitrogens with zero attached hydrogens (tertiary/aromatic N) is 1. The summed E-state index contributed by atoms with van der Waals surface area (Å²) in [6.07, 6.45) is 0. The number of para-hydroxylation sites is 1. The van der Waals surface area contributed by atoms with Crippen molar-refractivity contribution in [1.82, 2.24) is 0 Å². The molecule has 7 nitrogen and oxygen atoms in total. The molecule has 0 aliphatic rings. The zero-order valence-corrected chi connectivity index (χ0v) is 13.1. The first-order valence-electron chi connectivity index (χ1n) is 7.38. The molecular formula is C17H17NO6. The summed E-state index contributed by atoms with van der Waals surface area (Å²) in [5, 5.41) is 11.0.